The third-order valence-electron chi connectivity index (χ3n) is 4.21. The predicted octanol–water partition coefficient (Wildman–Crippen LogP) is 2.03. The van der Waals surface area contributed by atoms with Crippen molar-refractivity contribution in [1.82, 2.24) is 14.3 Å². The van der Waals surface area contributed by atoms with Crippen molar-refractivity contribution in [3.63, 3.8) is 0 Å². The van der Waals surface area contributed by atoms with E-state index >= 15 is 0 Å². The van der Waals surface area contributed by atoms with Crippen LogP contribution in [0.4, 0.5) is 0 Å². The van der Waals surface area contributed by atoms with Crippen LogP contribution in [0.3, 0.4) is 0 Å². The van der Waals surface area contributed by atoms with E-state index in [-0.39, 0.29) is 30.0 Å². The standard InChI is InChI=1S/C18H20N4O3S/c1-14-4-2-5-15(10-14)13-26(23,24)22-9-3-6-16(12-22)25-18-17(11-19)20-7-8-21-18/h2,4-5,7-8,10,16H,3,6,9,12-13H2,1H3. The molecule has 0 spiro atoms. The van der Waals surface area contributed by atoms with Gasteiger partial charge in [-0.15, -0.1) is 0 Å². The highest BCUT2D eigenvalue weighted by atomic mass is 32.2. The summed E-state index contributed by atoms with van der Waals surface area (Å²) in [5.74, 6) is 0.119. The van der Waals surface area contributed by atoms with E-state index in [2.05, 4.69) is 9.97 Å². The molecule has 136 valence electrons. The van der Waals surface area contributed by atoms with Crippen LogP contribution in [0.2, 0.25) is 0 Å². The monoisotopic (exact) mass is 372 g/mol. The summed E-state index contributed by atoms with van der Waals surface area (Å²) in [6, 6.07) is 9.44. The molecule has 1 saturated heterocycles. The number of benzene rings is 1. The highest BCUT2D eigenvalue weighted by Crippen LogP contribution is 2.22. The van der Waals surface area contributed by atoms with Gasteiger partial charge >= 0.3 is 0 Å². The minimum atomic E-state index is -3.44. The normalized spacial score (nSPS) is 18.2. The molecule has 1 aromatic heterocycles. The van der Waals surface area contributed by atoms with Crippen LogP contribution in [0.5, 0.6) is 5.88 Å². The van der Waals surface area contributed by atoms with Gasteiger partial charge in [-0.25, -0.2) is 18.4 Å². The Morgan fingerprint density at radius 3 is 2.92 bits per heavy atom. The van der Waals surface area contributed by atoms with Crippen LogP contribution in [0.25, 0.3) is 0 Å². The van der Waals surface area contributed by atoms with Gasteiger partial charge in [0.25, 0.3) is 5.88 Å². The number of nitriles is 1. The Bertz CT molecular complexity index is 924. The molecule has 1 aromatic carbocycles. The van der Waals surface area contributed by atoms with Crippen LogP contribution in [0.1, 0.15) is 29.7 Å². The van der Waals surface area contributed by atoms with Crippen molar-refractivity contribution < 1.29 is 13.2 Å². The van der Waals surface area contributed by atoms with Gasteiger partial charge in [-0.2, -0.15) is 9.57 Å². The zero-order valence-corrected chi connectivity index (χ0v) is 15.3. The third-order valence-corrected chi connectivity index (χ3v) is 6.03. The molecule has 3 rings (SSSR count). The van der Waals surface area contributed by atoms with Crippen molar-refractivity contribution in [1.29, 1.82) is 5.26 Å². The first-order valence-electron chi connectivity index (χ1n) is 8.39. The molecule has 26 heavy (non-hydrogen) atoms. The molecule has 1 aliphatic rings. The van der Waals surface area contributed by atoms with E-state index in [9.17, 15) is 8.42 Å². The second kappa shape index (κ2) is 7.81. The molecule has 1 fully saturated rings. The molecule has 1 unspecified atom stereocenters. The number of ether oxygens (including phenoxy) is 1. The van der Waals surface area contributed by atoms with E-state index < -0.39 is 10.0 Å². The summed E-state index contributed by atoms with van der Waals surface area (Å²) in [7, 11) is -3.44. The third kappa shape index (κ3) is 4.36. The van der Waals surface area contributed by atoms with E-state index in [1.165, 1.54) is 16.7 Å². The number of rotatable bonds is 5. The number of hydrogen-bond donors (Lipinski definition) is 0. The highest BCUT2D eigenvalue weighted by Gasteiger charge is 2.30. The van der Waals surface area contributed by atoms with E-state index in [0.29, 0.717) is 19.4 Å². The fourth-order valence-corrected chi connectivity index (χ4v) is 4.59. The van der Waals surface area contributed by atoms with E-state index in [1.807, 2.05) is 37.3 Å². The number of hydrogen-bond acceptors (Lipinski definition) is 6. The van der Waals surface area contributed by atoms with Gasteiger partial charge in [0.1, 0.15) is 12.2 Å². The molecule has 0 saturated carbocycles. The number of piperidine rings is 1. The molecule has 0 bridgehead atoms. The number of sulfonamides is 1. The highest BCUT2D eigenvalue weighted by molar-refractivity contribution is 7.88. The first-order valence-corrected chi connectivity index (χ1v) is 10.00. The van der Waals surface area contributed by atoms with Gasteiger partial charge in [-0.3, -0.25) is 0 Å². The molecule has 2 heterocycles. The molecule has 1 atom stereocenters. The summed E-state index contributed by atoms with van der Waals surface area (Å²) in [5.41, 5.74) is 1.91. The zero-order chi connectivity index (χ0) is 18.6. The first-order chi connectivity index (χ1) is 12.5. The minimum Gasteiger partial charge on any atom is -0.471 e. The Labute approximate surface area is 153 Å². The Hall–Kier alpha value is -2.50. The summed E-state index contributed by atoms with van der Waals surface area (Å²) in [4.78, 5) is 7.95. The van der Waals surface area contributed by atoms with Gasteiger partial charge in [0.2, 0.25) is 15.7 Å². The fourth-order valence-electron chi connectivity index (χ4n) is 3.00. The van der Waals surface area contributed by atoms with Gasteiger partial charge in [0.15, 0.2) is 0 Å². The van der Waals surface area contributed by atoms with E-state index in [4.69, 9.17) is 10.00 Å². The average molecular weight is 372 g/mol. The lowest BCUT2D eigenvalue weighted by atomic mass is 10.1. The summed E-state index contributed by atoms with van der Waals surface area (Å²) >= 11 is 0. The quantitative estimate of drug-likeness (QED) is 0.797. The summed E-state index contributed by atoms with van der Waals surface area (Å²) < 4.78 is 32.8. The molecule has 0 aliphatic carbocycles. The maximum Gasteiger partial charge on any atom is 0.251 e. The summed E-state index contributed by atoms with van der Waals surface area (Å²) in [5, 5.41) is 9.08. The number of aryl methyl sites for hydroxylation is 1. The molecule has 8 heteroatoms. The Morgan fingerprint density at radius 2 is 2.15 bits per heavy atom. The molecule has 7 nitrogen and oxygen atoms in total. The second-order valence-electron chi connectivity index (χ2n) is 6.31. The van der Waals surface area contributed by atoms with Crippen molar-refractivity contribution in [2.75, 3.05) is 13.1 Å². The smallest absolute Gasteiger partial charge is 0.251 e. The van der Waals surface area contributed by atoms with Gasteiger partial charge in [-0.05, 0) is 25.3 Å². The van der Waals surface area contributed by atoms with Crippen LogP contribution >= 0.6 is 0 Å². The SMILES string of the molecule is Cc1cccc(CS(=O)(=O)N2CCCC(Oc3nccnc3C#N)C2)c1. The molecule has 1 aliphatic heterocycles. The van der Waals surface area contributed by atoms with Crippen molar-refractivity contribution >= 4 is 10.0 Å². The van der Waals surface area contributed by atoms with Crippen LogP contribution in [0, 0.1) is 18.3 Å². The molecule has 0 radical (unpaired) electrons. The lowest BCUT2D eigenvalue weighted by Gasteiger charge is -2.31. The molecular formula is C18H20N4O3S. The van der Waals surface area contributed by atoms with Crippen LogP contribution in [0.15, 0.2) is 36.7 Å². The van der Waals surface area contributed by atoms with Gasteiger partial charge < -0.3 is 4.74 Å². The van der Waals surface area contributed by atoms with E-state index in [1.54, 1.807) is 0 Å². The maximum absolute atomic E-state index is 12.8. The number of aromatic nitrogens is 2. The van der Waals surface area contributed by atoms with Crippen LogP contribution in [-0.2, 0) is 15.8 Å². The van der Waals surface area contributed by atoms with Crippen molar-refractivity contribution in [2.24, 2.45) is 0 Å². The molecule has 0 N–H and O–H groups in total. The lowest BCUT2D eigenvalue weighted by Crippen LogP contribution is -2.44. The zero-order valence-electron chi connectivity index (χ0n) is 14.5. The fraction of sp³-hybridized carbons (Fsp3) is 0.389. The van der Waals surface area contributed by atoms with Gasteiger partial charge in [-0.1, -0.05) is 29.8 Å². The minimum absolute atomic E-state index is 0.0318. The van der Waals surface area contributed by atoms with Gasteiger partial charge in [0.05, 0.1) is 12.3 Å². The van der Waals surface area contributed by atoms with Crippen molar-refractivity contribution in [3.05, 3.63) is 53.5 Å². The lowest BCUT2D eigenvalue weighted by molar-refractivity contribution is 0.123. The molecular weight excluding hydrogens is 352 g/mol. The topological polar surface area (TPSA) is 96.2 Å². The molecule has 0 amide bonds. The summed E-state index contributed by atoms with van der Waals surface area (Å²) in [6.07, 6.45) is 3.92. The Morgan fingerprint density at radius 1 is 1.35 bits per heavy atom. The molecule has 2 aromatic rings. The van der Waals surface area contributed by atoms with Crippen molar-refractivity contribution in [3.8, 4) is 11.9 Å². The van der Waals surface area contributed by atoms with Gasteiger partial charge in [0, 0.05) is 18.9 Å². The van der Waals surface area contributed by atoms with Crippen LogP contribution < -0.4 is 4.74 Å². The average Bonchev–Trinajstić information content (AvgIpc) is 2.62. The van der Waals surface area contributed by atoms with E-state index in [0.717, 1.165) is 11.1 Å². The predicted molar refractivity (Wildman–Crippen MR) is 95.8 cm³/mol. The first kappa shape index (κ1) is 18.3. The number of nitrogens with zero attached hydrogens (tertiary/aromatic N) is 4. The Balaban J connectivity index is 1.70. The Kier molecular flexibility index (Phi) is 5.49. The largest absolute Gasteiger partial charge is 0.471 e. The second-order valence-corrected chi connectivity index (χ2v) is 8.28. The summed E-state index contributed by atoms with van der Waals surface area (Å²) in [6.45, 7) is 2.66. The maximum atomic E-state index is 12.8. The van der Waals surface area contributed by atoms with Crippen LogP contribution in [-0.4, -0.2) is 41.9 Å². The van der Waals surface area contributed by atoms with Crippen molar-refractivity contribution in [2.45, 2.75) is 31.6 Å².